The van der Waals surface area contributed by atoms with Crippen molar-refractivity contribution >= 4 is 71.4 Å². The molecule has 0 aliphatic rings. The molecular weight excluding hydrogens is 669 g/mol. The fourth-order valence-corrected chi connectivity index (χ4v) is 37.1. The molecule has 0 aromatic heterocycles. The summed E-state index contributed by atoms with van der Waals surface area (Å²) in [5, 5.41) is 20.1. The van der Waals surface area contributed by atoms with Gasteiger partial charge in [-0.05, 0) is 116 Å². The fourth-order valence-electron chi connectivity index (χ4n) is 5.34. The summed E-state index contributed by atoms with van der Waals surface area (Å²) in [4.78, 5) is 24.6. The monoisotopic (exact) mass is 730 g/mol. The molecule has 0 radical (unpaired) electrons. The van der Waals surface area contributed by atoms with Gasteiger partial charge in [-0.25, -0.2) is 9.59 Å². The van der Waals surface area contributed by atoms with E-state index in [4.69, 9.17) is 24.7 Å². The molecule has 0 atom stereocenters. The molecule has 0 rings (SSSR count). The van der Waals surface area contributed by atoms with E-state index in [0.29, 0.717) is 0 Å². The highest BCUT2D eigenvalue weighted by atomic mass is 28.5. The molecule has 0 spiro atoms. The van der Waals surface area contributed by atoms with Gasteiger partial charge in [0.05, 0.1) is 5.57 Å². The zero-order valence-corrected chi connectivity index (χ0v) is 37.3. The van der Waals surface area contributed by atoms with Gasteiger partial charge >= 0.3 is 46.4 Å². The van der Waals surface area contributed by atoms with Crippen LogP contribution in [0.3, 0.4) is 0 Å². The van der Waals surface area contributed by atoms with Crippen LogP contribution in [0, 0.1) is 5.41 Å². The molecule has 0 aliphatic heterocycles. The molecule has 254 valence electrons. The lowest BCUT2D eigenvalue weighted by atomic mass is 9.82. The highest BCUT2D eigenvalue weighted by Gasteiger charge is 2.56. The summed E-state index contributed by atoms with van der Waals surface area (Å²) in [6.07, 6.45) is 0.302. The van der Waals surface area contributed by atoms with Crippen LogP contribution in [0.25, 0.3) is 0 Å². The maximum absolute atomic E-state index is 12.4. The van der Waals surface area contributed by atoms with Crippen molar-refractivity contribution in [3.05, 3.63) is 11.1 Å². The van der Waals surface area contributed by atoms with Gasteiger partial charge in [0.2, 0.25) is 0 Å². The molecule has 0 aromatic rings. The van der Waals surface area contributed by atoms with E-state index in [1.807, 2.05) is 39.3 Å². The molecule has 0 bridgehead atoms. The molecule has 0 saturated carbocycles. The SMILES string of the molecule is CC(C)(C)/C(C(=O)O)=C(/CCC[Si](O[Si](C)(C)O[Si](C)(C)C)(O[Si](C)(C)O[Si](C)(C)C)O[Si](C)(C)O[Si](C)(C)C)C(=O)O. The minimum atomic E-state index is -3.70. The first-order chi connectivity index (χ1) is 18.6. The molecule has 0 saturated heterocycles. The van der Waals surface area contributed by atoms with Crippen LogP contribution in [0.4, 0.5) is 0 Å². The molecule has 10 nitrogen and oxygen atoms in total. The second kappa shape index (κ2) is 14.8. The average molecular weight is 731 g/mol. The van der Waals surface area contributed by atoms with Crippen LogP contribution < -0.4 is 0 Å². The van der Waals surface area contributed by atoms with E-state index >= 15 is 0 Å². The zero-order valence-electron chi connectivity index (χ0n) is 30.3. The quantitative estimate of drug-likeness (QED) is 0.106. The zero-order chi connectivity index (χ0) is 34.7. The second-order valence-corrected chi connectivity index (χ2v) is 44.2. The number of hydrogen-bond acceptors (Lipinski definition) is 8. The predicted molar refractivity (Wildman–Crippen MR) is 191 cm³/mol. The number of rotatable bonds is 18. The minimum Gasteiger partial charge on any atom is -0.478 e. The Bertz CT molecular complexity index is 928. The molecule has 43 heavy (non-hydrogen) atoms. The van der Waals surface area contributed by atoms with Crippen LogP contribution in [0.5, 0.6) is 0 Å². The van der Waals surface area contributed by atoms with Gasteiger partial charge in [0.25, 0.3) is 0 Å². The van der Waals surface area contributed by atoms with E-state index in [2.05, 4.69) is 58.9 Å². The van der Waals surface area contributed by atoms with Gasteiger partial charge in [0.1, 0.15) is 0 Å². The van der Waals surface area contributed by atoms with E-state index in [-0.39, 0.29) is 30.0 Å². The van der Waals surface area contributed by atoms with Crippen molar-refractivity contribution in [3.8, 4) is 0 Å². The molecule has 2 N–H and O–H groups in total. The first-order valence-corrected chi connectivity index (χ1v) is 35.6. The number of carboxylic acid groups (broad SMARTS) is 2. The molecule has 0 fully saturated rings. The summed E-state index contributed by atoms with van der Waals surface area (Å²) in [7, 11) is -18.3. The average Bonchev–Trinajstić information content (AvgIpc) is 2.57. The van der Waals surface area contributed by atoms with Crippen LogP contribution in [0.2, 0.25) is 104 Å². The largest absolute Gasteiger partial charge is 0.478 e. The Kier molecular flexibility index (Phi) is 14.8. The predicted octanol–water partition coefficient (Wildman–Crippen LogP) is 7.93. The van der Waals surface area contributed by atoms with E-state index < -0.39 is 76.8 Å². The van der Waals surface area contributed by atoms with Crippen LogP contribution in [-0.2, 0) is 34.3 Å². The van der Waals surface area contributed by atoms with E-state index in [1.165, 1.54) is 0 Å². The number of hydrogen-bond donors (Lipinski definition) is 2. The van der Waals surface area contributed by atoms with E-state index in [1.54, 1.807) is 20.8 Å². The van der Waals surface area contributed by atoms with Crippen LogP contribution in [0.15, 0.2) is 11.1 Å². The maximum atomic E-state index is 12.4. The summed E-state index contributed by atoms with van der Waals surface area (Å²) < 4.78 is 40.9. The highest BCUT2D eigenvalue weighted by Crippen LogP contribution is 2.36. The third-order valence-corrected chi connectivity index (χ3v) is 29.1. The number of carbonyl (C=O) groups is 2. The van der Waals surface area contributed by atoms with Crippen molar-refractivity contribution in [2.24, 2.45) is 5.41 Å². The smallest absolute Gasteiger partial charge is 0.474 e. The molecule has 0 unspecified atom stereocenters. The van der Waals surface area contributed by atoms with Crippen LogP contribution >= 0.6 is 0 Å². The lowest BCUT2D eigenvalue weighted by Crippen LogP contribution is -2.66. The topological polar surface area (TPSA) is 130 Å². The van der Waals surface area contributed by atoms with Gasteiger partial charge in [-0.1, -0.05) is 20.8 Å². The Morgan fingerprint density at radius 2 is 0.837 bits per heavy atom. The Hall–Kier alpha value is -0.0418. The lowest BCUT2D eigenvalue weighted by Gasteiger charge is -2.46. The lowest BCUT2D eigenvalue weighted by molar-refractivity contribution is -0.137. The molecule has 0 amide bonds. The minimum absolute atomic E-state index is 0.0175. The van der Waals surface area contributed by atoms with Crippen molar-refractivity contribution in [1.82, 2.24) is 0 Å². The van der Waals surface area contributed by atoms with Gasteiger partial charge < -0.3 is 34.9 Å². The third kappa shape index (κ3) is 18.0. The van der Waals surface area contributed by atoms with Crippen molar-refractivity contribution < 1.29 is 44.5 Å². The second-order valence-electron chi connectivity index (χ2n) is 16.4. The number of aliphatic carboxylic acids is 2. The highest BCUT2D eigenvalue weighted by molar-refractivity contribution is 6.92. The molecule has 0 aliphatic carbocycles. The van der Waals surface area contributed by atoms with E-state index in [9.17, 15) is 19.8 Å². The normalized spacial score (nSPS) is 15.4. The van der Waals surface area contributed by atoms with Gasteiger partial charge in [-0.15, -0.1) is 0 Å². The standard InChI is InChI=1S/C26H62O10Si7/c1-26(2,3)23(25(29)30)22(24(27)28)20-19-21-43(34-40(13,14)31-37(4,5)6,35-41(15,16)32-38(7,8)9)36-42(17,18)33-39(10,11)12/h19-21H2,1-18H3,(H,27,28)(H,29,30)/b23-22-. The Morgan fingerprint density at radius 1 is 0.535 bits per heavy atom. The Labute approximate surface area is 269 Å². The van der Waals surface area contributed by atoms with Crippen molar-refractivity contribution in [3.63, 3.8) is 0 Å². The van der Waals surface area contributed by atoms with Gasteiger partial charge in [-0.2, -0.15) is 0 Å². The Morgan fingerprint density at radius 3 is 1.05 bits per heavy atom. The fraction of sp³-hybridized carbons (Fsp3) is 0.846. The van der Waals surface area contributed by atoms with Gasteiger partial charge in [0, 0.05) is 11.6 Å². The number of carboxylic acids is 2. The molecule has 17 heteroatoms. The first-order valence-electron chi connectivity index (χ1n) is 15.0. The third-order valence-electron chi connectivity index (χ3n) is 5.29. The van der Waals surface area contributed by atoms with Gasteiger partial charge in [-0.3, -0.25) is 0 Å². The summed E-state index contributed by atoms with van der Waals surface area (Å²) in [6, 6.07) is 0.267. The van der Waals surface area contributed by atoms with Crippen LogP contribution in [0.1, 0.15) is 33.6 Å². The summed E-state index contributed by atoms with van der Waals surface area (Å²) in [5.74, 6) is -2.48. The first kappa shape index (κ1) is 43.0. The molecule has 0 aromatic carbocycles. The maximum Gasteiger partial charge on any atom is 0.474 e. The summed E-state index contributed by atoms with van der Waals surface area (Å²) in [6.45, 7) is 36.1. The molecule has 0 heterocycles. The summed E-state index contributed by atoms with van der Waals surface area (Å²) >= 11 is 0. The van der Waals surface area contributed by atoms with Crippen molar-refractivity contribution in [2.45, 2.75) is 138 Å². The molecular formula is C26H62O10Si7. The summed E-state index contributed by atoms with van der Waals surface area (Å²) in [5.41, 5.74) is -1.10. The van der Waals surface area contributed by atoms with Crippen molar-refractivity contribution in [1.29, 1.82) is 0 Å². The van der Waals surface area contributed by atoms with Crippen molar-refractivity contribution in [2.75, 3.05) is 0 Å². The van der Waals surface area contributed by atoms with Crippen LogP contribution in [-0.4, -0.2) is 81.6 Å². The Balaban J connectivity index is 7.14. The van der Waals surface area contributed by atoms with E-state index in [0.717, 1.165) is 0 Å². The van der Waals surface area contributed by atoms with Gasteiger partial charge in [0.15, 0.2) is 25.0 Å².